The van der Waals surface area contributed by atoms with Gasteiger partial charge in [-0.2, -0.15) is 0 Å². The lowest BCUT2D eigenvalue weighted by Crippen LogP contribution is -2.47. The van der Waals surface area contributed by atoms with Crippen molar-refractivity contribution in [1.82, 2.24) is 5.32 Å². The first-order valence-electron chi connectivity index (χ1n) is 8.66. The molecule has 4 heteroatoms. The van der Waals surface area contributed by atoms with Gasteiger partial charge in [0.25, 0.3) is 0 Å². The lowest BCUT2D eigenvalue weighted by atomic mass is 9.84. The van der Waals surface area contributed by atoms with Gasteiger partial charge < -0.3 is 15.2 Å². The summed E-state index contributed by atoms with van der Waals surface area (Å²) in [4.78, 5) is 12.5. The van der Waals surface area contributed by atoms with E-state index in [0.29, 0.717) is 11.8 Å². The van der Waals surface area contributed by atoms with Crippen LogP contribution in [0.15, 0.2) is 24.3 Å². The molecule has 2 aliphatic rings. The van der Waals surface area contributed by atoms with Crippen molar-refractivity contribution in [2.24, 2.45) is 23.7 Å². The Hall–Kier alpha value is -1.55. The van der Waals surface area contributed by atoms with Crippen molar-refractivity contribution >= 4 is 5.91 Å². The Morgan fingerprint density at radius 2 is 2.00 bits per heavy atom. The van der Waals surface area contributed by atoms with Gasteiger partial charge in [-0.1, -0.05) is 19.1 Å². The summed E-state index contributed by atoms with van der Waals surface area (Å²) in [5, 5.41) is 12.9. The maximum absolute atomic E-state index is 12.5. The van der Waals surface area contributed by atoms with Gasteiger partial charge >= 0.3 is 0 Å². The number of aliphatic hydroxyl groups excluding tert-OH is 1. The third kappa shape index (κ3) is 3.37. The molecule has 5 unspecified atom stereocenters. The molecule has 0 heterocycles. The summed E-state index contributed by atoms with van der Waals surface area (Å²) in [6.45, 7) is 2.17. The minimum Gasteiger partial charge on any atom is -0.497 e. The molecule has 1 amide bonds. The molecule has 0 aliphatic heterocycles. The summed E-state index contributed by atoms with van der Waals surface area (Å²) in [7, 11) is 1.65. The van der Waals surface area contributed by atoms with E-state index in [4.69, 9.17) is 4.74 Å². The minimum atomic E-state index is -0.0677. The molecule has 23 heavy (non-hydrogen) atoms. The van der Waals surface area contributed by atoms with Gasteiger partial charge in [0.05, 0.1) is 7.11 Å². The Bertz CT molecular complexity index is 542. The number of carbonyl (C=O) groups is 1. The molecule has 0 spiro atoms. The number of hydrogen-bond donors (Lipinski definition) is 2. The lowest BCUT2D eigenvalue weighted by molar-refractivity contribution is -0.126. The van der Waals surface area contributed by atoms with E-state index in [1.54, 1.807) is 7.11 Å². The van der Waals surface area contributed by atoms with Gasteiger partial charge in [0.15, 0.2) is 0 Å². The van der Waals surface area contributed by atoms with Gasteiger partial charge in [0.2, 0.25) is 5.91 Å². The number of amides is 1. The van der Waals surface area contributed by atoms with Crippen molar-refractivity contribution in [3.63, 3.8) is 0 Å². The maximum atomic E-state index is 12.5. The molecule has 2 saturated carbocycles. The van der Waals surface area contributed by atoms with E-state index in [9.17, 15) is 9.90 Å². The molecule has 3 rings (SSSR count). The van der Waals surface area contributed by atoms with Gasteiger partial charge in [-0.15, -0.1) is 0 Å². The second kappa shape index (κ2) is 6.91. The van der Waals surface area contributed by atoms with Crippen molar-refractivity contribution < 1.29 is 14.6 Å². The van der Waals surface area contributed by atoms with Crippen molar-refractivity contribution in [1.29, 1.82) is 0 Å². The van der Waals surface area contributed by atoms with Crippen LogP contribution in [0.1, 0.15) is 31.7 Å². The van der Waals surface area contributed by atoms with Crippen LogP contribution in [0.4, 0.5) is 0 Å². The van der Waals surface area contributed by atoms with Crippen LogP contribution in [-0.4, -0.2) is 30.8 Å². The van der Waals surface area contributed by atoms with E-state index in [1.165, 1.54) is 19.3 Å². The quantitative estimate of drug-likeness (QED) is 0.847. The van der Waals surface area contributed by atoms with Gasteiger partial charge in [0.1, 0.15) is 5.75 Å². The van der Waals surface area contributed by atoms with E-state index in [0.717, 1.165) is 17.7 Å². The minimum absolute atomic E-state index is 0.0677. The first-order valence-corrected chi connectivity index (χ1v) is 8.66. The lowest BCUT2D eigenvalue weighted by Gasteiger charge is -2.31. The third-order valence-corrected chi connectivity index (χ3v) is 5.76. The molecular formula is C19H27NO3. The average Bonchev–Trinajstić information content (AvgIpc) is 3.16. The fourth-order valence-electron chi connectivity index (χ4n) is 4.41. The zero-order valence-electron chi connectivity index (χ0n) is 14.0. The molecular weight excluding hydrogens is 290 g/mol. The fraction of sp³-hybridized carbons (Fsp3) is 0.632. The van der Waals surface area contributed by atoms with Crippen molar-refractivity contribution in [3.05, 3.63) is 29.8 Å². The van der Waals surface area contributed by atoms with Crippen LogP contribution in [0, 0.1) is 23.7 Å². The average molecular weight is 317 g/mol. The number of nitrogens with one attached hydrogen (secondary N) is 1. The fourth-order valence-corrected chi connectivity index (χ4v) is 4.41. The van der Waals surface area contributed by atoms with E-state index >= 15 is 0 Å². The number of ether oxygens (including phenoxy) is 1. The first-order chi connectivity index (χ1) is 11.1. The van der Waals surface area contributed by atoms with Crippen molar-refractivity contribution in [2.45, 2.75) is 38.6 Å². The Morgan fingerprint density at radius 1 is 1.30 bits per heavy atom. The standard InChI is InChI=1S/C19H27NO3/c1-12(9-13-3-7-16(23-2)8-4-13)19(22)20-18-15-6-5-14(10-15)17(18)11-21/h3-4,7-8,12,14-15,17-18,21H,5-6,9-11H2,1-2H3,(H,20,22). The second-order valence-electron chi connectivity index (χ2n) is 7.17. The topological polar surface area (TPSA) is 58.6 Å². The molecule has 126 valence electrons. The van der Waals surface area contributed by atoms with Crippen LogP contribution in [-0.2, 0) is 11.2 Å². The third-order valence-electron chi connectivity index (χ3n) is 5.76. The smallest absolute Gasteiger partial charge is 0.223 e. The SMILES string of the molecule is COc1ccc(CC(C)C(=O)NC2C3CCC(C3)C2CO)cc1. The van der Waals surface area contributed by atoms with Gasteiger partial charge in [-0.3, -0.25) is 4.79 Å². The largest absolute Gasteiger partial charge is 0.497 e. The molecule has 5 atom stereocenters. The number of aliphatic hydroxyl groups is 1. The Labute approximate surface area is 138 Å². The van der Waals surface area contributed by atoms with Crippen molar-refractivity contribution in [3.8, 4) is 5.75 Å². The van der Waals surface area contributed by atoms with Gasteiger partial charge in [0, 0.05) is 24.5 Å². The Morgan fingerprint density at radius 3 is 2.65 bits per heavy atom. The zero-order valence-corrected chi connectivity index (χ0v) is 14.0. The molecule has 1 aromatic rings. The number of fused-ring (bicyclic) bond motifs is 2. The zero-order chi connectivity index (χ0) is 16.4. The molecule has 2 aliphatic carbocycles. The highest BCUT2D eigenvalue weighted by Gasteiger charge is 2.47. The summed E-state index contributed by atoms with van der Waals surface area (Å²) < 4.78 is 5.16. The summed E-state index contributed by atoms with van der Waals surface area (Å²) in [6.07, 6.45) is 4.30. The summed E-state index contributed by atoms with van der Waals surface area (Å²) in [5.74, 6) is 2.30. The highest BCUT2D eigenvalue weighted by molar-refractivity contribution is 5.79. The van der Waals surface area contributed by atoms with Gasteiger partial charge in [-0.25, -0.2) is 0 Å². The molecule has 2 N–H and O–H groups in total. The van der Waals surface area contributed by atoms with Crippen LogP contribution < -0.4 is 10.1 Å². The predicted molar refractivity (Wildman–Crippen MR) is 89.2 cm³/mol. The number of carbonyl (C=O) groups excluding carboxylic acids is 1. The molecule has 1 aromatic carbocycles. The highest BCUT2D eigenvalue weighted by Crippen LogP contribution is 2.48. The van der Waals surface area contributed by atoms with E-state index in [1.807, 2.05) is 31.2 Å². The van der Waals surface area contributed by atoms with Crippen LogP contribution in [0.5, 0.6) is 5.75 Å². The van der Waals surface area contributed by atoms with Crippen LogP contribution in [0.2, 0.25) is 0 Å². The van der Waals surface area contributed by atoms with E-state index in [-0.39, 0.29) is 30.4 Å². The Kier molecular flexibility index (Phi) is 4.90. The number of methoxy groups -OCH3 is 1. The molecule has 0 aromatic heterocycles. The predicted octanol–water partition coefficient (Wildman–Crippen LogP) is 2.40. The molecule has 0 saturated heterocycles. The normalized spacial score (nSPS) is 30.2. The number of rotatable bonds is 6. The van der Waals surface area contributed by atoms with Crippen LogP contribution in [0.25, 0.3) is 0 Å². The van der Waals surface area contributed by atoms with Crippen LogP contribution in [0.3, 0.4) is 0 Å². The van der Waals surface area contributed by atoms with Gasteiger partial charge in [-0.05, 0) is 55.2 Å². The number of hydrogen-bond acceptors (Lipinski definition) is 3. The van der Waals surface area contributed by atoms with Crippen LogP contribution >= 0.6 is 0 Å². The molecule has 4 nitrogen and oxygen atoms in total. The Balaban J connectivity index is 1.57. The maximum Gasteiger partial charge on any atom is 0.223 e. The van der Waals surface area contributed by atoms with E-state index in [2.05, 4.69) is 5.32 Å². The second-order valence-corrected chi connectivity index (χ2v) is 7.17. The molecule has 0 radical (unpaired) electrons. The van der Waals surface area contributed by atoms with E-state index < -0.39 is 0 Å². The number of benzene rings is 1. The first kappa shape index (κ1) is 16.3. The monoisotopic (exact) mass is 317 g/mol. The summed E-state index contributed by atoms with van der Waals surface area (Å²) in [5.41, 5.74) is 1.14. The summed E-state index contributed by atoms with van der Waals surface area (Å²) in [6, 6.07) is 8.05. The summed E-state index contributed by atoms with van der Waals surface area (Å²) >= 11 is 0. The molecule has 2 bridgehead atoms. The highest BCUT2D eigenvalue weighted by atomic mass is 16.5. The van der Waals surface area contributed by atoms with Crippen molar-refractivity contribution in [2.75, 3.05) is 13.7 Å². The molecule has 2 fully saturated rings.